The third-order valence-electron chi connectivity index (χ3n) is 22.2. The van der Waals surface area contributed by atoms with E-state index in [1.807, 2.05) is 158 Å². The molecule has 0 saturated carbocycles. The number of carbonyl (C=O) groups is 1. The summed E-state index contributed by atoms with van der Waals surface area (Å²) in [7, 11) is 13.1. The highest BCUT2D eigenvalue weighted by molar-refractivity contribution is 8.14. The van der Waals surface area contributed by atoms with Gasteiger partial charge < -0.3 is 67.3 Å². The van der Waals surface area contributed by atoms with Crippen molar-refractivity contribution in [2.75, 3.05) is 155 Å². The van der Waals surface area contributed by atoms with E-state index in [4.69, 9.17) is 88.5 Å². The second kappa shape index (κ2) is 36.0. The quantitative estimate of drug-likeness (QED) is 0.0447. The Hall–Kier alpha value is -11.8. The summed E-state index contributed by atoms with van der Waals surface area (Å²) >= 11 is 1.43. The minimum Gasteiger partial charge on any atom is -0.493 e. The van der Waals surface area contributed by atoms with Crippen LogP contribution in [0.1, 0.15) is 78.2 Å². The molecule has 0 unspecified atom stereocenters. The second-order valence-corrected chi connectivity index (χ2v) is 31.6. The molecule has 5 aliphatic rings. The molecule has 5 fully saturated rings. The summed E-state index contributed by atoms with van der Waals surface area (Å²) < 4.78 is 56.7. The number of fused-ring (bicyclic) bond motifs is 4. The molecule has 5 saturated heterocycles. The third-order valence-corrected chi connectivity index (χ3v) is 23.2. The lowest BCUT2D eigenvalue weighted by Gasteiger charge is -2.32. The highest BCUT2D eigenvalue weighted by atomic mass is 32.2. The van der Waals surface area contributed by atoms with Gasteiger partial charge in [0, 0.05) is 111 Å². The average molecular weight is 1630 g/mol. The number of aromatic nitrogens is 12. The molecule has 620 valence electrons. The van der Waals surface area contributed by atoms with Crippen LogP contribution in [0.3, 0.4) is 0 Å². The summed E-state index contributed by atoms with van der Waals surface area (Å²) in [6.07, 6.45) is 3.46. The number of methoxy groups -OCH3 is 8. The maximum absolute atomic E-state index is 11.5. The molecule has 0 radical (unpaired) electrons. The van der Waals surface area contributed by atoms with Gasteiger partial charge >= 0.3 is 0 Å². The number of thioether (sulfide) groups is 1. The first kappa shape index (κ1) is 82.7. The fourth-order valence-electron chi connectivity index (χ4n) is 16.7. The maximum Gasteiger partial charge on any atom is 0.186 e. The molecule has 4 atom stereocenters. The van der Waals surface area contributed by atoms with Crippen LogP contribution in [0.2, 0.25) is 0 Å². The summed E-state index contributed by atoms with van der Waals surface area (Å²) in [4.78, 5) is 45.7. The number of aryl methyl sites for hydroxylation is 8. The Balaban J connectivity index is 0.000000130. The fourth-order valence-corrected chi connectivity index (χ4v) is 17.6. The highest BCUT2D eigenvalue weighted by Gasteiger charge is 2.34. The first-order valence-corrected chi connectivity index (χ1v) is 40.5. The molecule has 0 aliphatic carbocycles. The van der Waals surface area contributed by atoms with E-state index in [1.165, 1.54) is 11.8 Å². The van der Waals surface area contributed by atoms with Gasteiger partial charge in [-0.3, -0.25) is 9.69 Å². The van der Waals surface area contributed by atoms with Crippen LogP contribution in [-0.2, 0) is 9.53 Å². The molecule has 17 rings (SSSR count). The number of ether oxygens (including phenoxy) is 9. The summed E-state index contributed by atoms with van der Waals surface area (Å²) in [5.41, 5.74) is 31.2. The number of azide groups is 1. The van der Waals surface area contributed by atoms with Crippen LogP contribution in [0.25, 0.3) is 78.1 Å². The Kier molecular flexibility index (Phi) is 25.2. The standard InChI is InChI=1S/C24H31N5O3.C22H26N4O3S.C20H23N7O2.C20H24N4O3/c1-16-13-20(28-8-7-19(15-28)27-9-11-32-12-10-27)24-25-17(2)23(29(24)26-16)18-5-6-21(30-3)22(14-18)31-4;1-13-10-18(25-9-8-17(12-25)30-15(3)27)22-23-14(2)21(26(22)24-13)16-6-7-19(28-4)20(11-16)29-5;1-12-9-16(26-8-7-15(11-26)23-25-21)20-22-13(2)19(27(20)24-12)14-5-6-17(28-3)18(10-14)29-4;1-12-9-16(23-8-7-15(25)11-23)20-21-13(2)19(24(20)22-12)14-5-6-17(26-3)18(10-14)27-4/h5-6,13-14,19H,7-12,15H2,1-4H3;6-7,10-11,17H,8-9,12H2,1-5H3;5-6,9-10,15H,7-8,11H2,1-4H3;5-6,9-10,15,25H,7-8,11H2,1-4H3/t19-;17-;2*15-/m1110/s1. The van der Waals surface area contributed by atoms with Crippen molar-refractivity contribution in [3.63, 3.8) is 0 Å². The molecule has 0 spiro atoms. The second-order valence-electron chi connectivity index (χ2n) is 30.1. The van der Waals surface area contributed by atoms with Gasteiger partial charge in [-0.25, -0.2) is 38.0 Å². The summed E-state index contributed by atoms with van der Waals surface area (Å²) in [5, 5.41) is 33.4. The zero-order valence-electron chi connectivity index (χ0n) is 70.2. The lowest BCUT2D eigenvalue weighted by molar-refractivity contribution is -0.109. The van der Waals surface area contributed by atoms with E-state index < -0.39 is 0 Å². The highest BCUT2D eigenvalue weighted by Crippen LogP contribution is 2.43. The zero-order valence-corrected chi connectivity index (χ0v) is 71.1. The Bertz CT molecular complexity index is 5740. The zero-order chi connectivity index (χ0) is 83.3. The predicted molar refractivity (Wildman–Crippen MR) is 459 cm³/mol. The molecule has 4 aromatic carbocycles. The maximum atomic E-state index is 11.5. The number of morpholine rings is 1. The average Bonchev–Trinajstić information content (AvgIpc) is 1.62. The predicted octanol–water partition coefficient (Wildman–Crippen LogP) is 13.4. The molecule has 31 nitrogen and oxygen atoms in total. The number of benzene rings is 4. The number of hydrogen-bond acceptors (Lipinski definition) is 26. The van der Waals surface area contributed by atoms with Crippen molar-refractivity contribution in [1.82, 2.24) is 63.3 Å². The molecule has 0 bridgehead atoms. The van der Waals surface area contributed by atoms with Crippen molar-refractivity contribution in [2.45, 2.75) is 111 Å². The van der Waals surface area contributed by atoms with Gasteiger partial charge in [0.25, 0.3) is 0 Å². The Labute approximate surface area is 690 Å². The van der Waals surface area contributed by atoms with Crippen molar-refractivity contribution < 1.29 is 52.5 Å². The molecule has 13 heterocycles. The smallest absolute Gasteiger partial charge is 0.186 e. The number of aliphatic hydroxyl groups excluding tert-OH is 1. The van der Waals surface area contributed by atoms with Crippen LogP contribution in [-0.4, -0.2) is 232 Å². The largest absolute Gasteiger partial charge is 0.493 e. The van der Waals surface area contributed by atoms with Gasteiger partial charge in [-0.1, -0.05) is 16.9 Å². The van der Waals surface area contributed by atoms with E-state index in [0.29, 0.717) is 70.4 Å². The van der Waals surface area contributed by atoms with Crippen molar-refractivity contribution in [3.8, 4) is 91.0 Å². The van der Waals surface area contributed by atoms with Gasteiger partial charge in [-0.2, -0.15) is 20.4 Å². The van der Waals surface area contributed by atoms with E-state index in [2.05, 4.69) is 46.7 Å². The van der Waals surface area contributed by atoms with Crippen LogP contribution in [0.4, 0.5) is 22.7 Å². The Morgan fingerprint density at radius 3 is 1.08 bits per heavy atom. The van der Waals surface area contributed by atoms with Crippen LogP contribution < -0.4 is 57.5 Å². The van der Waals surface area contributed by atoms with Crippen LogP contribution in [0.15, 0.2) is 102 Å². The topological polar surface area (TPSA) is 306 Å². The summed E-state index contributed by atoms with van der Waals surface area (Å²) in [6, 6.07) is 32.3. The molecule has 32 heteroatoms. The van der Waals surface area contributed by atoms with Crippen molar-refractivity contribution in [3.05, 3.63) is 153 Å². The van der Waals surface area contributed by atoms with Crippen LogP contribution in [0, 0.1) is 55.4 Å². The van der Waals surface area contributed by atoms with E-state index in [9.17, 15) is 9.90 Å². The Morgan fingerprint density at radius 1 is 0.424 bits per heavy atom. The minimum atomic E-state index is -0.292. The number of aliphatic hydroxyl groups is 1. The molecule has 8 aromatic heterocycles. The monoisotopic (exact) mass is 1620 g/mol. The lowest BCUT2D eigenvalue weighted by atomic mass is 10.1. The number of carbonyl (C=O) groups excluding carboxylic acids is 1. The van der Waals surface area contributed by atoms with Crippen molar-refractivity contribution in [1.29, 1.82) is 0 Å². The SMILES string of the molecule is COc1ccc(-c2c(C)nc3c(N4CC[C@@H](N5CCOCC5)C4)cc(C)nn23)cc1OC.COc1ccc(-c2c(C)nc3c(N4CC[C@@H](N=[N+]=[N-])C4)cc(C)nn23)cc1OC.COc1ccc(-c2c(C)nc3c(N4CC[C@@H](SC(C)=O)C4)cc(C)nn23)cc1OC.COc1ccc(-c2c(C)nc3c(N4CC[C@H](O)C4)cc(C)nn23)cc1OC. The first-order valence-electron chi connectivity index (χ1n) is 39.7. The van der Waals surface area contributed by atoms with Gasteiger partial charge in [0.05, 0.1) is 173 Å². The number of hydrogen-bond donors (Lipinski definition) is 1. The van der Waals surface area contributed by atoms with E-state index in [-0.39, 0.29) is 17.3 Å². The molecular weight excluding hydrogens is 1520 g/mol. The Morgan fingerprint density at radius 2 is 0.746 bits per heavy atom. The van der Waals surface area contributed by atoms with E-state index >= 15 is 0 Å². The number of imidazole rings is 4. The van der Waals surface area contributed by atoms with Crippen LogP contribution in [0.5, 0.6) is 46.0 Å². The fraction of sp³-hybridized carbons (Fsp3) is 0.430. The molecule has 118 heavy (non-hydrogen) atoms. The summed E-state index contributed by atoms with van der Waals surface area (Å²) in [5.74, 6) is 5.43. The molecule has 1 N–H and O–H groups in total. The minimum absolute atomic E-state index is 0.0186. The number of rotatable bonds is 19. The molecule has 5 aliphatic heterocycles. The number of β-amino-alcohol motifs (C(OH)–C–C–N with tert-alkyl or cyclic N) is 1. The third kappa shape index (κ3) is 17.0. The van der Waals surface area contributed by atoms with E-state index in [1.54, 1.807) is 63.8 Å². The summed E-state index contributed by atoms with van der Waals surface area (Å²) in [6.45, 7) is 28.1. The number of anilines is 4. The van der Waals surface area contributed by atoms with Crippen molar-refractivity contribution >= 4 is 62.2 Å². The van der Waals surface area contributed by atoms with E-state index in [0.717, 1.165) is 227 Å². The normalized spacial score (nSPS) is 17.3. The van der Waals surface area contributed by atoms with Gasteiger partial charge in [-0.05, 0) is 184 Å². The van der Waals surface area contributed by atoms with Gasteiger partial charge in [0.2, 0.25) is 0 Å². The number of nitrogens with zero attached hydrogens (tertiary/aromatic N) is 20. The van der Waals surface area contributed by atoms with Gasteiger partial charge in [0.1, 0.15) is 0 Å². The van der Waals surface area contributed by atoms with Gasteiger partial charge in [0.15, 0.2) is 73.7 Å². The first-order chi connectivity index (χ1) is 57.1. The van der Waals surface area contributed by atoms with Crippen molar-refractivity contribution in [2.24, 2.45) is 5.11 Å². The molecule has 12 aromatic rings. The van der Waals surface area contributed by atoms with Gasteiger partial charge in [-0.15, -0.1) is 0 Å². The lowest BCUT2D eigenvalue weighted by Crippen LogP contribution is -2.44. The van der Waals surface area contributed by atoms with Crippen LogP contribution >= 0.6 is 11.8 Å². The molecule has 0 amide bonds. The molecular formula is C86H104N20O11S.